The molecule has 0 aromatic rings. The second kappa shape index (κ2) is 13.5. The van der Waals surface area contributed by atoms with E-state index in [-0.39, 0.29) is 6.61 Å². The summed E-state index contributed by atoms with van der Waals surface area (Å²) in [6.07, 6.45) is 7.38. The van der Waals surface area contributed by atoms with Gasteiger partial charge in [-0.25, -0.2) is 9.59 Å². The summed E-state index contributed by atoms with van der Waals surface area (Å²) in [7, 11) is 0. The topological polar surface area (TPSA) is 104 Å². The van der Waals surface area contributed by atoms with Crippen molar-refractivity contribution in [1.82, 2.24) is 0 Å². The maximum Gasteiger partial charge on any atom is 0.338 e. The van der Waals surface area contributed by atoms with Gasteiger partial charge in [-0.05, 0) is 6.42 Å². The van der Waals surface area contributed by atoms with E-state index in [1.54, 1.807) is 0 Å². The van der Waals surface area contributed by atoms with Crippen LogP contribution in [-0.4, -0.2) is 46.1 Å². The summed E-state index contributed by atoms with van der Waals surface area (Å²) in [5, 5.41) is 26.6. The molecule has 0 fully saturated rings. The summed E-state index contributed by atoms with van der Waals surface area (Å²) in [6.45, 7) is 2.34. The Kier molecular flexibility index (Phi) is 12.8. The third-order valence-corrected chi connectivity index (χ3v) is 3.54. The predicted molar refractivity (Wildman–Crippen MR) is 82.5 cm³/mol. The Labute approximate surface area is 132 Å². The molecule has 6 heteroatoms. The van der Waals surface area contributed by atoms with Gasteiger partial charge in [0.1, 0.15) is 0 Å². The van der Waals surface area contributed by atoms with Gasteiger partial charge in [0.2, 0.25) is 0 Å². The van der Waals surface area contributed by atoms with Crippen molar-refractivity contribution < 1.29 is 29.6 Å². The lowest BCUT2D eigenvalue weighted by Gasteiger charge is -2.13. The lowest BCUT2D eigenvalue weighted by molar-refractivity contribution is -0.169. The molecule has 6 nitrogen and oxygen atoms in total. The summed E-state index contributed by atoms with van der Waals surface area (Å²) in [5.74, 6) is -2.74. The van der Waals surface area contributed by atoms with Gasteiger partial charge in [-0.1, -0.05) is 64.7 Å². The van der Waals surface area contributed by atoms with Crippen molar-refractivity contribution in [2.45, 2.75) is 83.3 Å². The SMILES string of the molecule is CCCCCCCCCCCCOC(=O)[C@@H](O)[C@H](O)C(=O)O. The number of rotatable bonds is 14. The Bertz CT molecular complexity index is 305. The van der Waals surface area contributed by atoms with Crippen LogP contribution in [0.25, 0.3) is 0 Å². The van der Waals surface area contributed by atoms with Crippen LogP contribution in [0.2, 0.25) is 0 Å². The lowest BCUT2D eigenvalue weighted by Crippen LogP contribution is -2.40. The van der Waals surface area contributed by atoms with E-state index < -0.39 is 24.1 Å². The van der Waals surface area contributed by atoms with Gasteiger partial charge in [0.05, 0.1) is 6.61 Å². The Morgan fingerprint density at radius 1 is 0.818 bits per heavy atom. The number of ether oxygens (including phenoxy) is 1. The maximum absolute atomic E-state index is 11.3. The highest BCUT2D eigenvalue weighted by Gasteiger charge is 2.31. The number of aliphatic carboxylic acids is 1. The Morgan fingerprint density at radius 3 is 1.73 bits per heavy atom. The molecule has 2 atom stereocenters. The first-order chi connectivity index (χ1) is 10.5. The predicted octanol–water partition coefficient (Wildman–Crippen LogP) is 2.26. The van der Waals surface area contributed by atoms with E-state index in [2.05, 4.69) is 6.92 Å². The highest BCUT2D eigenvalue weighted by atomic mass is 16.5. The van der Waals surface area contributed by atoms with E-state index >= 15 is 0 Å². The first kappa shape index (κ1) is 20.9. The van der Waals surface area contributed by atoms with Gasteiger partial charge in [0, 0.05) is 0 Å². The smallest absolute Gasteiger partial charge is 0.338 e. The van der Waals surface area contributed by atoms with Crippen molar-refractivity contribution in [2.75, 3.05) is 6.61 Å². The summed E-state index contributed by atoms with van der Waals surface area (Å²) in [5.41, 5.74) is 0. The molecule has 0 spiro atoms. The van der Waals surface area contributed by atoms with Crippen LogP contribution < -0.4 is 0 Å². The quantitative estimate of drug-likeness (QED) is 0.335. The third-order valence-electron chi connectivity index (χ3n) is 3.54. The Balaban J connectivity index is 3.42. The molecule has 0 saturated heterocycles. The molecule has 0 radical (unpaired) electrons. The van der Waals surface area contributed by atoms with Crippen LogP contribution in [0.1, 0.15) is 71.1 Å². The second-order valence-corrected chi connectivity index (χ2v) is 5.58. The fourth-order valence-electron chi connectivity index (χ4n) is 2.11. The number of carboxylic acid groups (broad SMARTS) is 1. The molecule has 0 aromatic heterocycles. The summed E-state index contributed by atoms with van der Waals surface area (Å²) >= 11 is 0. The van der Waals surface area contributed by atoms with Gasteiger partial charge in [0.15, 0.2) is 12.2 Å². The van der Waals surface area contributed by atoms with Crippen molar-refractivity contribution >= 4 is 11.9 Å². The number of hydrogen-bond donors (Lipinski definition) is 3. The van der Waals surface area contributed by atoms with Crippen molar-refractivity contribution in [3.05, 3.63) is 0 Å². The van der Waals surface area contributed by atoms with Gasteiger partial charge in [-0.2, -0.15) is 0 Å². The van der Waals surface area contributed by atoms with Crippen LogP contribution in [0.4, 0.5) is 0 Å². The van der Waals surface area contributed by atoms with E-state index in [4.69, 9.17) is 14.9 Å². The molecule has 3 N–H and O–H groups in total. The van der Waals surface area contributed by atoms with Crippen molar-refractivity contribution in [1.29, 1.82) is 0 Å². The van der Waals surface area contributed by atoms with Gasteiger partial charge in [0.25, 0.3) is 0 Å². The average molecular weight is 318 g/mol. The molecular weight excluding hydrogens is 288 g/mol. The third kappa shape index (κ3) is 10.6. The Morgan fingerprint density at radius 2 is 1.27 bits per heavy atom. The fourth-order valence-corrected chi connectivity index (χ4v) is 2.11. The molecule has 22 heavy (non-hydrogen) atoms. The van der Waals surface area contributed by atoms with Gasteiger partial charge in [-0.3, -0.25) is 0 Å². The van der Waals surface area contributed by atoms with Crippen LogP contribution in [0.15, 0.2) is 0 Å². The monoisotopic (exact) mass is 318 g/mol. The van der Waals surface area contributed by atoms with Crippen LogP contribution >= 0.6 is 0 Å². The van der Waals surface area contributed by atoms with Gasteiger partial charge >= 0.3 is 11.9 Å². The number of esters is 1. The van der Waals surface area contributed by atoms with Gasteiger partial charge < -0.3 is 20.1 Å². The molecule has 0 rings (SSSR count). The standard InChI is InChI=1S/C16H30O6/c1-2-3-4-5-6-7-8-9-10-11-12-22-16(21)14(18)13(17)15(19)20/h13-14,17-18H,2-12H2,1H3,(H,19,20)/t13-,14-/m0/s1. The molecule has 0 aliphatic rings. The van der Waals surface area contributed by atoms with Crippen molar-refractivity contribution in [3.63, 3.8) is 0 Å². The molecule has 0 bridgehead atoms. The molecule has 130 valence electrons. The summed E-state index contributed by atoms with van der Waals surface area (Å²) < 4.78 is 4.73. The number of carboxylic acids is 1. The van der Waals surface area contributed by atoms with Gasteiger partial charge in [-0.15, -0.1) is 0 Å². The molecule has 0 unspecified atom stereocenters. The minimum Gasteiger partial charge on any atom is -0.479 e. The normalized spacial score (nSPS) is 13.6. The summed E-state index contributed by atoms with van der Waals surface area (Å²) in [6, 6.07) is 0. The number of aliphatic hydroxyl groups excluding tert-OH is 2. The number of carbonyl (C=O) groups is 2. The number of hydrogen-bond acceptors (Lipinski definition) is 5. The van der Waals surface area contributed by atoms with Crippen LogP contribution in [0.3, 0.4) is 0 Å². The summed E-state index contributed by atoms with van der Waals surface area (Å²) in [4.78, 5) is 21.6. The average Bonchev–Trinajstić information content (AvgIpc) is 2.50. The Hall–Kier alpha value is -1.14. The molecule has 0 heterocycles. The van der Waals surface area contributed by atoms with E-state index in [0.29, 0.717) is 6.42 Å². The van der Waals surface area contributed by atoms with Crippen LogP contribution in [-0.2, 0) is 14.3 Å². The molecule has 0 amide bonds. The zero-order valence-electron chi connectivity index (χ0n) is 13.5. The van der Waals surface area contributed by atoms with E-state index in [0.717, 1.165) is 12.8 Å². The second-order valence-electron chi connectivity index (χ2n) is 5.58. The van der Waals surface area contributed by atoms with E-state index in [9.17, 15) is 14.7 Å². The molecular formula is C16H30O6. The largest absolute Gasteiger partial charge is 0.479 e. The van der Waals surface area contributed by atoms with Crippen LogP contribution in [0.5, 0.6) is 0 Å². The first-order valence-corrected chi connectivity index (χ1v) is 8.26. The minimum atomic E-state index is -2.14. The molecule has 0 saturated carbocycles. The van der Waals surface area contributed by atoms with Crippen LogP contribution in [0, 0.1) is 0 Å². The lowest BCUT2D eigenvalue weighted by atomic mass is 10.1. The van der Waals surface area contributed by atoms with Crippen molar-refractivity contribution in [2.24, 2.45) is 0 Å². The maximum atomic E-state index is 11.3. The number of unbranched alkanes of at least 4 members (excludes halogenated alkanes) is 9. The number of carbonyl (C=O) groups excluding carboxylic acids is 1. The van der Waals surface area contributed by atoms with Crippen molar-refractivity contribution in [3.8, 4) is 0 Å². The highest BCUT2D eigenvalue weighted by molar-refractivity contribution is 5.84. The molecule has 0 aliphatic heterocycles. The first-order valence-electron chi connectivity index (χ1n) is 8.26. The number of aliphatic hydroxyl groups is 2. The minimum absolute atomic E-state index is 0.138. The molecule has 0 aromatic carbocycles. The zero-order valence-corrected chi connectivity index (χ0v) is 13.5. The van der Waals surface area contributed by atoms with E-state index in [1.165, 1.54) is 44.9 Å². The van der Waals surface area contributed by atoms with E-state index in [1.807, 2.05) is 0 Å². The molecule has 0 aliphatic carbocycles. The zero-order chi connectivity index (χ0) is 16.8. The fraction of sp³-hybridized carbons (Fsp3) is 0.875. The highest BCUT2D eigenvalue weighted by Crippen LogP contribution is 2.10.